The molecule has 1 aliphatic rings. The van der Waals surface area contributed by atoms with Gasteiger partial charge in [0.25, 0.3) is 5.91 Å². The number of likely N-dealkylation sites (tertiary alicyclic amines) is 1. The van der Waals surface area contributed by atoms with Crippen LogP contribution in [0.5, 0.6) is 5.75 Å². The average molecular weight is 447 g/mol. The van der Waals surface area contributed by atoms with Crippen molar-refractivity contribution in [2.45, 2.75) is 39.5 Å². The second-order valence-electron chi connectivity index (χ2n) is 8.92. The van der Waals surface area contributed by atoms with Gasteiger partial charge in [0.15, 0.2) is 0 Å². The minimum Gasteiger partial charge on any atom is -0.489 e. The Kier molecular flexibility index (Phi) is 7.74. The lowest BCUT2D eigenvalue weighted by Crippen LogP contribution is -2.33. The molecule has 0 aromatic heterocycles. The number of nitrogens with one attached hydrogen (secondary N) is 1. The highest BCUT2D eigenvalue weighted by molar-refractivity contribution is 5.94. The summed E-state index contributed by atoms with van der Waals surface area (Å²) in [6, 6.07) is 21.8. The molecule has 5 heteroatoms. The molecule has 4 nitrogen and oxygen atoms in total. The molecule has 1 aliphatic heterocycles. The fourth-order valence-electron chi connectivity index (χ4n) is 4.19. The van der Waals surface area contributed by atoms with Gasteiger partial charge < -0.3 is 10.1 Å². The van der Waals surface area contributed by atoms with Crippen LogP contribution in [-0.4, -0.2) is 23.9 Å². The first-order valence-electron chi connectivity index (χ1n) is 11.6. The first-order valence-corrected chi connectivity index (χ1v) is 11.6. The Hall–Kier alpha value is -3.18. The lowest BCUT2D eigenvalue weighted by molar-refractivity contribution is 0.0951. The number of piperidine rings is 1. The van der Waals surface area contributed by atoms with Crippen molar-refractivity contribution in [2.75, 3.05) is 13.1 Å². The molecule has 1 fully saturated rings. The van der Waals surface area contributed by atoms with Gasteiger partial charge in [-0.25, -0.2) is 4.39 Å². The van der Waals surface area contributed by atoms with Gasteiger partial charge in [-0.15, -0.1) is 0 Å². The lowest BCUT2D eigenvalue weighted by Gasteiger charge is -2.30. The van der Waals surface area contributed by atoms with Crippen LogP contribution in [0.2, 0.25) is 0 Å². The lowest BCUT2D eigenvalue weighted by atomic mass is 9.99. The zero-order valence-electron chi connectivity index (χ0n) is 19.1. The Labute approximate surface area is 195 Å². The first kappa shape index (κ1) is 23.0. The predicted molar refractivity (Wildman–Crippen MR) is 128 cm³/mol. The smallest absolute Gasteiger partial charge is 0.251 e. The topological polar surface area (TPSA) is 41.6 Å². The molecule has 1 atom stereocenters. The number of nitrogens with zero attached hydrogens (tertiary/aromatic N) is 1. The first-order chi connectivity index (χ1) is 16.0. The minimum absolute atomic E-state index is 0.0789. The molecule has 1 N–H and O–H groups in total. The van der Waals surface area contributed by atoms with E-state index in [1.165, 1.54) is 30.5 Å². The number of benzene rings is 3. The Morgan fingerprint density at radius 2 is 1.64 bits per heavy atom. The van der Waals surface area contributed by atoms with Crippen molar-refractivity contribution in [2.24, 2.45) is 5.92 Å². The van der Waals surface area contributed by atoms with Crippen molar-refractivity contribution < 1.29 is 13.9 Å². The van der Waals surface area contributed by atoms with E-state index >= 15 is 0 Å². The molecule has 0 bridgehead atoms. The fraction of sp³-hybridized carbons (Fsp3) is 0.321. The minimum atomic E-state index is -0.256. The molecule has 33 heavy (non-hydrogen) atoms. The summed E-state index contributed by atoms with van der Waals surface area (Å²) in [5, 5.41) is 2.98. The molecular weight excluding hydrogens is 415 g/mol. The summed E-state index contributed by atoms with van der Waals surface area (Å²) in [5.74, 6) is 1.16. The van der Waals surface area contributed by atoms with E-state index < -0.39 is 0 Å². The van der Waals surface area contributed by atoms with Gasteiger partial charge in [-0.05, 0) is 78.4 Å². The molecule has 4 rings (SSSR count). The number of hydrogen-bond acceptors (Lipinski definition) is 3. The standard InChI is InChI=1S/C28H31FN2O2/c1-21-3-2-16-31(18-21)19-23-4-10-25(11-5-23)28(32)30-17-22-8-14-27(15-9-22)33-20-24-6-12-26(29)13-7-24/h4-15,21H,2-3,16-20H2,1H3,(H,30,32). The van der Waals surface area contributed by atoms with Crippen LogP contribution in [0, 0.1) is 11.7 Å². The van der Waals surface area contributed by atoms with Crippen molar-refractivity contribution in [1.29, 1.82) is 0 Å². The molecule has 0 radical (unpaired) electrons. The van der Waals surface area contributed by atoms with Crippen molar-refractivity contribution in [1.82, 2.24) is 10.2 Å². The Morgan fingerprint density at radius 1 is 0.970 bits per heavy atom. The monoisotopic (exact) mass is 446 g/mol. The third kappa shape index (κ3) is 6.90. The number of ether oxygens (including phenoxy) is 1. The average Bonchev–Trinajstić information content (AvgIpc) is 2.83. The molecule has 172 valence electrons. The van der Waals surface area contributed by atoms with E-state index in [2.05, 4.69) is 29.3 Å². The van der Waals surface area contributed by atoms with E-state index in [0.29, 0.717) is 18.7 Å². The van der Waals surface area contributed by atoms with Gasteiger partial charge in [-0.3, -0.25) is 9.69 Å². The van der Waals surface area contributed by atoms with Crippen molar-refractivity contribution in [3.8, 4) is 5.75 Å². The highest BCUT2D eigenvalue weighted by Gasteiger charge is 2.16. The molecule has 0 spiro atoms. The van der Waals surface area contributed by atoms with E-state index in [1.807, 2.05) is 36.4 Å². The summed E-state index contributed by atoms with van der Waals surface area (Å²) in [4.78, 5) is 15.0. The molecule has 1 saturated heterocycles. The number of rotatable bonds is 8. The predicted octanol–water partition coefficient (Wildman–Crippen LogP) is 5.57. The highest BCUT2D eigenvalue weighted by atomic mass is 19.1. The van der Waals surface area contributed by atoms with Crippen molar-refractivity contribution >= 4 is 5.91 Å². The van der Waals surface area contributed by atoms with Crippen LogP contribution in [0.15, 0.2) is 72.8 Å². The maximum Gasteiger partial charge on any atom is 0.251 e. The van der Waals surface area contributed by atoms with E-state index in [9.17, 15) is 9.18 Å². The van der Waals surface area contributed by atoms with Gasteiger partial charge in [0.1, 0.15) is 18.2 Å². The molecule has 0 saturated carbocycles. The normalized spacial score (nSPS) is 16.4. The number of carbonyl (C=O) groups is 1. The second-order valence-corrected chi connectivity index (χ2v) is 8.92. The highest BCUT2D eigenvalue weighted by Crippen LogP contribution is 2.18. The Bertz CT molecular complexity index is 1030. The van der Waals surface area contributed by atoms with E-state index in [0.717, 1.165) is 42.4 Å². The van der Waals surface area contributed by atoms with Gasteiger partial charge in [-0.2, -0.15) is 0 Å². The summed E-state index contributed by atoms with van der Waals surface area (Å²) < 4.78 is 18.7. The maximum atomic E-state index is 13.0. The molecule has 1 amide bonds. The van der Waals surface area contributed by atoms with Crippen LogP contribution >= 0.6 is 0 Å². The van der Waals surface area contributed by atoms with Gasteiger partial charge in [0.05, 0.1) is 0 Å². The Morgan fingerprint density at radius 3 is 2.33 bits per heavy atom. The zero-order chi connectivity index (χ0) is 23.0. The molecule has 3 aromatic rings. The third-order valence-corrected chi connectivity index (χ3v) is 6.06. The van der Waals surface area contributed by atoms with Crippen LogP contribution in [0.4, 0.5) is 4.39 Å². The van der Waals surface area contributed by atoms with Gasteiger partial charge in [0, 0.05) is 25.2 Å². The summed E-state index contributed by atoms with van der Waals surface area (Å²) >= 11 is 0. The van der Waals surface area contributed by atoms with Crippen LogP contribution in [0.3, 0.4) is 0 Å². The van der Waals surface area contributed by atoms with Crippen LogP contribution in [0.1, 0.15) is 46.8 Å². The maximum absolute atomic E-state index is 13.0. The second kappa shape index (κ2) is 11.1. The molecular formula is C28H31FN2O2. The number of amides is 1. The summed E-state index contributed by atoms with van der Waals surface area (Å²) in [5.41, 5.74) is 3.82. The van der Waals surface area contributed by atoms with Gasteiger partial charge in [-0.1, -0.05) is 43.3 Å². The van der Waals surface area contributed by atoms with Crippen LogP contribution < -0.4 is 10.1 Å². The number of carbonyl (C=O) groups excluding carboxylic acids is 1. The molecule has 1 heterocycles. The molecule has 1 unspecified atom stereocenters. The summed E-state index contributed by atoms with van der Waals surface area (Å²) in [6.07, 6.45) is 2.59. The third-order valence-electron chi connectivity index (χ3n) is 6.06. The number of halogens is 1. The fourth-order valence-corrected chi connectivity index (χ4v) is 4.19. The molecule has 3 aromatic carbocycles. The molecule has 0 aliphatic carbocycles. The number of hydrogen-bond donors (Lipinski definition) is 1. The SMILES string of the molecule is CC1CCCN(Cc2ccc(C(=O)NCc3ccc(OCc4ccc(F)cc4)cc3)cc2)C1. The van der Waals surface area contributed by atoms with Crippen LogP contribution in [0.25, 0.3) is 0 Å². The van der Waals surface area contributed by atoms with Gasteiger partial charge in [0.2, 0.25) is 0 Å². The van der Waals surface area contributed by atoms with Crippen LogP contribution in [-0.2, 0) is 19.7 Å². The Balaban J connectivity index is 1.23. The van der Waals surface area contributed by atoms with Crippen molar-refractivity contribution in [3.05, 3.63) is 101 Å². The van der Waals surface area contributed by atoms with E-state index in [-0.39, 0.29) is 11.7 Å². The van der Waals surface area contributed by atoms with E-state index in [4.69, 9.17) is 4.74 Å². The zero-order valence-corrected chi connectivity index (χ0v) is 19.1. The quantitative estimate of drug-likeness (QED) is 0.492. The van der Waals surface area contributed by atoms with Gasteiger partial charge >= 0.3 is 0 Å². The summed E-state index contributed by atoms with van der Waals surface area (Å²) in [6.45, 7) is 6.39. The largest absolute Gasteiger partial charge is 0.489 e. The van der Waals surface area contributed by atoms with Crippen molar-refractivity contribution in [3.63, 3.8) is 0 Å². The van der Waals surface area contributed by atoms with E-state index in [1.54, 1.807) is 12.1 Å². The summed E-state index contributed by atoms with van der Waals surface area (Å²) in [7, 11) is 0.